The molecular formula is C11H22N2O3. The highest BCUT2D eigenvalue weighted by molar-refractivity contribution is 5.77. The molecule has 0 spiro atoms. The minimum absolute atomic E-state index is 0.0362. The molecule has 0 aromatic carbocycles. The van der Waals surface area contributed by atoms with Crippen LogP contribution in [0.15, 0.2) is 0 Å². The highest BCUT2D eigenvalue weighted by atomic mass is 16.5. The van der Waals surface area contributed by atoms with Crippen LogP contribution in [0, 0.1) is 0 Å². The van der Waals surface area contributed by atoms with Gasteiger partial charge < -0.3 is 20.1 Å². The first-order chi connectivity index (χ1) is 7.83. The van der Waals surface area contributed by atoms with Gasteiger partial charge in [-0.1, -0.05) is 0 Å². The van der Waals surface area contributed by atoms with Crippen LogP contribution in [0.1, 0.15) is 19.3 Å². The summed E-state index contributed by atoms with van der Waals surface area (Å²) in [6.07, 6.45) is 3.38. The molecule has 0 radical (unpaired) electrons. The van der Waals surface area contributed by atoms with Crippen molar-refractivity contribution in [2.45, 2.75) is 25.4 Å². The van der Waals surface area contributed by atoms with E-state index in [1.807, 2.05) is 0 Å². The Morgan fingerprint density at radius 3 is 3.12 bits per heavy atom. The predicted molar refractivity (Wildman–Crippen MR) is 61.3 cm³/mol. The van der Waals surface area contributed by atoms with E-state index in [9.17, 15) is 4.79 Å². The lowest BCUT2D eigenvalue weighted by molar-refractivity contribution is -0.120. The van der Waals surface area contributed by atoms with Gasteiger partial charge in [-0.25, -0.2) is 0 Å². The SMILES string of the molecule is COCCCNC(=O)CNCC1CCCO1. The fourth-order valence-corrected chi connectivity index (χ4v) is 1.66. The number of ether oxygens (including phenoxy) is 2. The summed E-state index contributed by atoms with van der Waals surface area (Å²) in [7, 11) is 1.66. The molecule has 0 aliphatic carbocycles. The molecule has 0 bridgehead atoms. The zero-order valence-electron chi connectivity index (χ0n) is 9.96. The molecular weight excluding hydrogens is 208 g/mol. The highest BCUT2D eigenvalue weighted by Crippen LogP contribution is 2.10. The van der Waals surface area contributed by atoms with Crippen LogP contribution in [-0.4, -0.2) is 52.0 Å². The predicted octanol–water partition coefficient (Wildman–Crippen LogP) is -0.0923. The van der Waals surface area contributed by atoms with E-state index in [4.69, 9.17) is 9.47 Å². The second-order valence-electron chi connectivity index (χ2n) is 3.96. The van der Waals surface area contributed by atoms with E-state index in [2.05, 4.69) is 10.6 Å². The van der Waals surface area contributed by atoms with E-state index < -0.39 is 0 Å². The smallest absolute Gasteiger partial charge is 0.233 e. The fraction of sp³-hybridized carbons (Fsp3) is 0.909. The van der Waals surface area contributed by atoms with Crippen molar-refractivity contribution in [1.82, 2.24) is 10.6 Å². The number of nitrogens with one attached hydrogen (secondary N) is 2. The monoisotopic (exact) mass is 230 g/mol. The molecule has 1 rings (SSSR count). The average molecular weight is 230 g/mol. The van der Waals surface area contributed by atoms with E-state index in [1.54, 1.807) is 7.11 Å². The molecule has 5 nitrogen and oxygen atoms in total. The molecule has 1 unspecified atom stereocenters. The molecule has 0 saturated carbocycles. The summed E-state index contributed by atoms with van der Waals surface area (Å²) in [5.41, 5.74) is 0. The first kappa shape index (κ1) is 13.4. The third kappa shape index (κ3) is 6.05. The van der Waals surface area contributed by atoms with Crippen LogP contribution in [0.5, 0.6) is 0 Å². The van der Waals surface area contributed by atoms with Gasteiger partial charge in [-0.3, -0.25) is 4.79 Å². The van der Waals surface area contributed by atoms with Crippen LogP contribution in [0.25, 0.3) is 0 Å². The number of amides is 1. The van der Waals surface area contributed by atoms with Crippen molar-refractivity contribution in [2.75, 3.05) is 40.0 Å². The van der Waals surface area contributed by atoms with Crippen molar-refractivity contribution in [3.63, 3.8) is 0 Å². The van der Waals surface area contributed by atoms with E-state index in [-0.39, 0.29) is 5.91 Å². The van der Waals surface area contributed by atoms with Crippen molar-refractivity contribution in [1.29, 1.82) is 0 Å². The van der Waals surface area contributed by atoms with E-state index in [0.717, 1.165) is 32.4 Å². The van der Waals surface area contributed by atoms with Gasteiger partial charge in [-0.05, 0) is 19.3 Å². The Kier molecular flexibility index (Phi) is 7.12. The lowest BCUT2D eigenvalue weighted by atomic mass is 10.2. The minimum atomic E-state index is 0.0362. The van der Waals surface area contributed by atoms with E-state index in [1.165, 1.54) is 0 Å². The van der Waals surface area contributed by atoms with E-state index in [0.29, 0.717) is 25.8 Å². The lowest BCUT2D eigenvalue weighted by Gasteiger charge is -2.10. The molecule has 1 saturated heterocycles. The van der Waals surface area contributed by atoms with Gasteiger partial charge in [0, 0.05) is 33.4 Å². The van der Waals surface area contributed by atoms with Gasteiger partial charge in [0.05, 0.1) is 12.6 Å². The number of methoxy groups -OCH3 is 1. The van der Waals surface area contributed by atoms with Crippen LogP contribution < -0.4 is 10.6 Å². The van der Waals surface area contributed by atoms with Gasteiger partial charge in [0.25, 0.3) is 0 Å². The van der Waals surface area contributed by atoms with Gasteiger partial charge in [0.2, 0.25) is 5.91 Å². The normalized spacial score (nSPS) is 19.9. The van der Waals surface area contributed by atoms with Crippen LogP contribution in [-0.2, 0) is 14.3 Å². The summed E-state index contributed by atoms with van der Waals surface area (Å²) in [5, 5.41) is 5.92. The summed E-state index contributed by atoms with van der Waals surface area (Å²) in [4.78, 5) is 11.3. The number of carbonyl (C=O) groups is 1. The van der Waals surface area contributed by atoms with Gasteiger partial charge in [-0.15, -0.1) is 0 Å². The Hall–Kier alpha value is -0.650. The fourth-order valence-electron chi connectivity index (χ4n) is 1.66. The molecule has 2 N–H and O–H groups in total. The van der Waals surface area contributed by atoms with Crippen LogP contribution in [0.2, 0.25) is 0 Å². The van der Waals surface area contributed by atoms with Crippen LogP contribution in [0.4, 0.5) is 0 Å². The molecule has 1 amide bonds. The van der Waals surface area contributed by atoms with Crippen molar-refractivity contribution in [2.24, 2.45) is 0 Å². The standard InChI is InChI=1S/C11H22N2O3/c1-15-6-3-5-13-11(14)9-12-8-10-4-2-7-16-10/h10,12H,2-9H2,1H3,(H,13,14). The molecule has 1 aliphatic heterocycles. The minimum Gasteiger partial charge on any atom is -0.385 e. The van der Waals surface area contributed by atoms with Gasteiger partial charge in [-0.2, -0.15) is 0 Å². The maximum atomic E-state index is 11.3. The Bertz CT molecular complexity index is 194. The molecule has 1 heterocycles. The Balaban J connectivity index is 1.89. The van der Waals surface area contributed by atoms with Gasteiger partial charge in [0.1, 0.15) is 0 Å². The van der Waals surface area contributed by atoms with Crippen molar-refractivity contribution < 1.29 is 14.3 Å². The first-order valence-corrected chi connectivity index (χ1v) is 5.91. The quantitative estimate of drug-likeness (QED) is 0.572. The van der Waals surface area contributed by atoms with Gasteiger partial charge in [0.15, 0.2) is 0 Å². The summed E-state index contributed by atoms with van der Waals surface area (Å²) in [6, 6.07) is 0. The lowest BCUT2D eigenvalue weighted by Crippen LogP contribution is -2.37. The summed E-state index contributed by atoms with van der Waals surface area (Å²) >= 11 is 0. The molecule has 1 atom stereocenters. The maximum absolute atomic E-state index is 11.3. The molecule has 0 aromatic heterocycles. The third-order valence-corrected chi connectivity index (χ3v) is 2.53. The molecule has 1 aliphatic rings. The van der Waals surface area contributed by atoms with Crippen molar-refractivity contribution in [3.8, 4) is 0 Å². The zero-order chi connectivity index (χ0) is 11.6. The highest BCUT2D eigenvalue weighted by Gasteiger charge is 2.14. The topological polar surface area (TPSA) is 59.6 Å². The van der Waals surface area contributed by atoms with Crippen molar-refractivity contribution >= 4 is 5.91 Å². The zero-order valence-corrected chi connectivity index (χ0v) is 9.96. The molecule has 1 fully saturated rings. The molecule has 5 heteroatoms. The van der Waals surface area contributed by atoms with E-state index >= 15 is 0 Å². The number of hydrogen-bond acceptors (Lipinski definition) is 4. The summed E-state index contributed by atoms with van der Waals surface area (Å²) < 4.78 is 10.3. The molecule has 16 heavy (non-hydrogen) atoms. The first-order valence-electron chi connectivity index (χ1n) is 5.91. The Labute approximate surface area is 96.9 Å². The third-order valence-electron chi connectivity index (χ3n) is 2.53. The molecule has 0 aromatic rings. The second-order valence-corrected chi connectivity index (χ2v) is 3.96. The van der Waals surface area contributed by atoms with Gasteiger partial charge >= 0.3 is 0 Å². The van der Waals surface area contributed by atoms with Crippen molar-refractivity contribution in [3.05, 3.63) is 0 Å². The number of hydrogen-bond donors (Lipinski definition) is 2. The van der Waals surface area contributed by atoms with Crippen LogP contribution in [0.3, 0.4) is 0 Å². The van der Waals surface area contributed by atoms with Crippen LogP contribution >= 0.6 is 0 Å². The Morgan fingerprint density at radius 2 is 2.44 bits per heavy atom. The Morgan fingerprint density at radius 1 is 1.56 bits per heavy atom. The molecule has 94 valence electrons. The number of carbonyl (C=O) groups excluding carboxylic acids is 1. The maximum Gasteiger partial charge on any atom is 0.233 e. The average Bonchev–Trinajstić information content (AvgIpc) is 2.77. The number of rotatable bonds is 8. The summed E-state index contributed by atoms with van der Waals surface area (Å²) in [6.45, 7) is 3.35. The second kappa shape index (κ2) is 8.50. The summed E-state index contributed by atoms with van der Waals surface area (Å²) in [5.74, 6) is 0.0362. The largest absolute Gasteiger partial charge is 0.385 e.